The number of benzene rings is 1. The molecule has 2 atom stereocenters. The first-order valence-electron chi connectivity index (χ1n) is 6.49. The molecule has 3 rings (SSSR count). The van der Waals surface area contributed by atoms with Crippen molar-refractivity contribution in [2.24, 2.45) is 0 Å². The lowest BCUT2D eigenvalue weighted by Gasteiger charge is -2.25. The monoisotopic (exact) mass is 249 g/mol. The van der Waals surface area contributed by atoms with E-state index in [0.717, 1.165) is 24.3 Å². The summed E-state index contributed by atoms with van der Waals surface area (Å²) >= 11 is -0.540. The Bertz CT molecular complexity index is 362. The van der Waals surface area contributed by atoms with Crippen LogP contribution in [0.3, 0.4) is 0 Å². The van der Waals surface area contributed by atoms with E-state index in [0.29, 0.717) is 18.0 Å². The Labute approximate surface area is 106 Å². The minimum Gasteiger partial charge on any atom is -0.616 e. The van der Waals surface area contributed by atoms with Gasteiger partial charge in [-0.2, -0.15) is 0 Å². The highest BCUT2D eigenvalue weighted by molar-refractivity contribution is 7.91. The zero-order valence-corrected chi connectivity index (χ0v) is 10.8. The molecule has 1 saturated heterocycles. The van der Waals surface area contributed by atoms with Crippen LogP contribution >= 0.6 is 0 Å². The van der Waals surface area contributed by atoms with Crippen molar-refractivity contribution >= 4 is 11.2 Å². The zero-order valence-electron chi connectivity index (χ0n) is 9.97. The third-order valence-electron chi connectivity index (χ3n) is 3.86. The van der Waals surface area contributed by atoms with Gasteiger partial charge in [-0.15, -0.1) is 0 Å². The van der Waals surface area contributed by atoms with Crippen LogP contribution in [0.25, 0.3) is 0 Å². The maximum absolute atomic E-state index is 11.3. The van der Waals surface area contributed by atoms with Crippen LogP contribution in [0.4, 0.5) is 0 Å². The van der Waals surface area contributed by atoms with Gasteiger partial charge in [-0.25, -0.2) is 0 Å². The van der Waals surface area contributed by atoms with Gasteiger partial charge in [0.1, 0.15) is 11.5 Å². The maximum Gasteiger partial charge on any atom is 0.107 e. The standard InChI is InChI=1S/C14H19NOS/c16-17-8-6-12(7-9-17)15-14-10-13(14)11-4-2-1-3-5-11/h1-5,12-15H,6-10H2. The molecular weight excluding hydrogens is 230 g/mol. The van der Waals surface area contributed by atoms with Gasteiger partial charge in [-0.1, -0.05) is 41.5 Å². The number of hydrogen-bond acceptors (Lipinski definition) is 2. The molecular formula is C14H19NOS. The van der Waals surface area contributed by atoms with Crippen molar-refractivity contribution in [3.8, 4) is 0 Å². The van der Waals surface area contributed by atoms with Crippen molar-refractivity contribution in [3.05, 3.63) is 35.9 Å². The molecule has 0 bridgehead atoms. The lowest BCUT2D eigenvalue weighted by molar-refractivity contribution is 0.457. The minimum atomic E-state index is -0.540. The molecule has 0 amide bonds. The van der Waals surface area contributed by atoms with Crippen LogP contribution in [-0.4, -0.2) is 28.1 Å². The van der Waals surface area contributed by atoms with Gasteiger partial charge in [0.15, 0.2) is 0 Å². The quantitative estimate of drug-likeness (QED) is 0.832. The molecule has 1 aromatic carbocycles. The molecule has 0 aromatic heterocycles. The molecule has 0 radical (unpaired) electrons. The highest BCUT2D eigenvalue weighted by atomic mass is 32.2. The van der Waals surface area contributed by atoms with E-state index in [1.165, 1.54) is 12.0 Å². The SMILES string of the molecule is [O-][S+]1CCC(NC2CC2c2ccccc2)CC1. The fourth-order valence-electron chi connectivity index (χ4n) is 2.71. The van der Waals surface area contributed by atoms with Crippen molar-refractivity contribution in [2.45, 2.75) is 37.3 Å². The van der Waals surface area contributed by atoms with E-state index in [-0.39, 0.29) is 0 Å². The Balaban J connectivity index is 1.49. The molecule has 3 heteroatoms. The van der Waals surface area contributed by atoms with Crippen molar-refractivity contribution in [1.82, 2.24) is 5.32 Å². The summed E-state index contributed by atoms with van der Waals surface area (Å²) in [4.78, 5) is 0. The summed E-state index contributed by atoms with van der Waals surface area (Å²) in [5.41, 5.74) is 1.46. The van der Waals surface area contributed by atoms with Gasteiger partial charge in [-0.3, -0.25) is 0 Å². The largest absolute Gasteiger partial charge is 0.616 e. The Morgan fingerprint density at radius 3 is 2.53 bits per heavy atom. The Hall–Kier alpha value is -0.510. The Morgan fingerprint density at radius 2 is 1.82 bits per heavy atom. The summed E-state index contributed by atoms with van der Waals surface area (Å²) in [6.07, 6.45) is 3.44. The normalized spacial score (nSPS) is 36.8. The van der Waals surface area contributed by atoms with Crippen molar-refractivity contribution in [3.63, 3.8) is 0 Å². The molecule has 1 saturated carbocycles. The van der Waals surface area contributed by atoms with Crippen LogP contribution in [0.15, 0.2) is 30.3 Å². The van der Waals surface area contributed by atoms with Crippen LogP contribution in [0.2, 0.25) is 0 Å². The van der Waals surface area contributed by atoms with Crippen LogP contribution in [0.5, 0.6) is 0 Å². The molecule has 17 heavy (non-hydrogen) atoms. The van der Waals surface area contributed by atoms with E-state index >= 15 is 0 Å². The molecule has 2 nitrogen and oxygen atoms in total. The molecule has 1 heterocycles. The Kier molecular flexibility index (Phi) is 3.41. The molecule has 2 fully saturated rings. The summed E-state index contributed by atoms with van der Waals surface area (Å²) in [7, 11) is 0. The smallest absolute Gasteiger partial charge is 0.107 e. The number of hydrogen-bond donors (Lipinski definition) is 1. The highest BCUT2D eigenvalue weighted by Gasteiger charge is 2.39. The third-order valence-corrected chi connectivity index (χ3v) is 5.24. The van der Waals surface area contributed by atoms with E-state index < -0.39 is 11.2 Å². The zero-order chi connectivity index (χ0) is 11.7. The van der Waals surface area contributed by atoms with Gasteiger partial charge in [0, 0.05) is 30.8 Å². The second-order valence-electron chi connectivity index (χ2n) is 5.15. The Morgan fingerprint density at radius 1 is 1.12 bits per heavy atom. The van der Waals surface area contributed by atoms with Crippen molar-refractivity contribution < 1.29 is 4.55 Å². The first-order valence-corrected chi connectivity index (χ1v) is 7.98. The van der Waals surface area contributed by atoms with Gasteiger partial charge < -0.3 is 9.87 Å². The van der Waals surface area contributed by atoms with Crippen LogP contribution in [0.1, 0.15) is 30.7 Å². The molecule has 1 aliphatic heterocycles. The van der Waals surface area contributed by atoms with Gasteiger partial charge in [-0.05, 0) is 12.0 Å². The summed E-state index contributed by atoms with van der Waals surface area (Å²) in [5.74, 6) is 2.49. The van der Waals surface area contributed by atoms with E-state index in [2.05, 4.69) is 35.6 Å². The lowest BCUT2D eigenvalue weighted by Crippen LogP contribution is -2.39. The molecule has 1 aromatic rings. The molecule has 1 N–H and O–H groups in total. The number of nitrogens with one attached hydrogen (secondary N) is 1. The summed E-state index contributed by atoms with van der Waals surface area (Å²) in [6, 6.07) is 12.0. The van der Waals surface area contributed by atoms with Gasteiger partial charge >= 0.3 is 0 Å². The summed E-state index contributed by atoms with van der Waals surface area (Å²) in [5, 5.41) is 3.73. The van der Waals surface area contributed by atoms with Crippen LogP contribution in [-0.2, 0) is 11.2 Å². The predicted molar refractivity (Wildman–Crippen MR) is 71.6 cm³/mol. The second kappa shape index (κ2) is 5.01. The molecule has 2 unspecified atom stereocenters. The molecule has 2 aliphatic rings. The highest BCUT2D eigenvalue weighted by Crippen LogP contribution is 2.41. The molecule has 1 aliphatic carbocycles. The van der Waals surface area contributed by atoms with E-state index in [4.69, 9.17) is 0 Å². The summed E-state index contributed by atoms with van der Waals surface area (Å²) < 4.78 is 11.3. The van der Waals surface area contributed by atoms with Crippen molar-refractivity contribution in [2.75, 3.05) is 11.5 Å². The van der Waals surface area contributed by atoms with Crippen LogP contribution < -0.4 is 5.32 Å². The second-order valence-corrected chi connectivity index (χ2v) is 6.84. The molecule has 92 valence electrons. The van der Waals surface area contributed by atoms with Crippen LogP contribution in [0, 0.1) is 0 Å². The first kappa shape index (κ1) is 11.6. The van der Waals surface area contributed by atoms with Gasteiger partial charge in [0.2, 0.25) is 0 Å². The predicted octanol–water partition coefficient (Wildman–Crippen LogP) is 2.04. The van der Waals surface area contributed by atoms with Gasteiger partial charge in [0.05, 0.1) is 0 Å². The fourth-order valence-corrected chi connectivity index (χ4v) is 4.01. The summed E-state index contributed by atoms with van der Waals surface area (Å²) in [6.45, 7) is 0. The average molecular weight is 249 g/mol. The fraction of sp³-hybridized carbons (Fsp3) is 0.571. The maximum atomic E-state index is 11.3. The van der Waals surface area contributed by atoms with E-state index in [1.807, 2.05) is 0 Å². The van der Waals surface area contributed by atoms with E-state index in [9.17, 15) is 4.55 Å². The average Bonchev–Trinajstić information content (AvgIpc) is 3.13. The number of rotatable bonds is 3. The molecule has 0 spiro atoms. The third kappa shape index (κ3) is 2.84. The van der Waals surface area contributed by atoms with Gasteiger partial charge in [0.25, 0.3) is 0 Å². The topological polar surface area (TPSA) is 35.1 Å². The first-order chi connectivity index (χ1) is 8.33. The van der Waals surface area contributed by atoms with E-state index in [1.54, 1.807) is 0 Å². The minimum absolute atomic E-state index is 0.540. The lowest BCUT2D eigenvalue weighted by atomic mass is 10.1. The van der Waals surface area contributed by atoms with Crippen molar-refractivity contribution in [1.29, 1.82) is 0 Å².